The number of halogens is 1. The minimum atomic E-state index is -1.27. The number of thioether (sulfide) groups is 1. The van der Waals surface area contributed by atoms with Crippen molar-refractivity contribution >= 4 is 23.4 Å². The van der Waals surface area contributed by atoms with Crippen LogP contribution in [0.15, 0.2) is 36.4 Å². The van der Waals surface area contributed by atoms with Crippen molar-refractivity contribution in [1.82, 2.24) is 0 Å². The van der Waals surface area contributed by atoms with Crippen LogP contribution in [0.4, 0.5) is 0 Å². The number of aliphatic hydroxyl groups excluding tert-OH is 3. The van der Waals surface area contributed by atoms with Gasteiger partial charge in [-0.25, -0.2) is 0 Å². The van der Waals surface area contributed by atoms with Crippen molar-refractivity contribution in [2.75, 3.05) is 12.9 Å². The predicted molar refractivity (Wildman–Crippen MR) is 118 cm³/mol. The summed E-state index contributed by atoms with van der Waals surface area (Å²) in [5, 5.41) is 31.5. The van der Waals surface area contributed by atoms with Crippen LogP contribution in [-0.2, 0) is 17.6 Å². The number of aryl methyl sites for hydroxylation is 1. The molecule has 1 fully saturated rings. The summed E-state index contributed by atoms with van der Waals surface area (Å²) in [5.41, 5.74) is 3.40. The highest BCUT2D eigenvalue weighted by molar-refractivity contribution is 7.99. The third-order valence-corrected chi connectivity index (χ3v) is 7.04. The fourth-order valence-corrected chi connectivity index (χ4v) is 4.98. The van der Waals surface area contributed by atoms with Gasteiger partial charge in [0.2, 0.25) is 0 Å². The summed E-state index contributed by atoms with van der Waals surface area (Å²) >= 11 is 7.78. The maximum atomic E-state index is 10.5. The lowest BCUT2D eigenvalue weighted by atomic mass is 9.92. The van der Waals surface area contributed by atoms with E-state index in [4.69, 9.17) is 21.1 Å². The van der Waals surface area contributed by atoms with Gasteiger partial charge >= 0.3 is 0 Å². The molecular formula is C23H27ClO5S. The van der Waals surface area contributed by atoms with Crippen LogP contribution in [0.2, 0.25) is 5.02 Å². The molecule has 2 aromatic carbocycles. The molecule has 3 N–H and O–H groups in total. The molecule has 162 valence electrons. The first-order valence-corrected chi connectivity index (χ1v) is 11.9. The van der Waals surface area contributed by atoms with Crippen LogP contribution in [0, 0.1) is 0 Å². The molecule has 0 radical (unpaired) electrons. The van der Waals surface area contributed by atoms with Crippen LogP contribution >= 0.6 is 23.4 Å². The molecule has 2 aromatic rings. The highest BCUT2D eigenvalue weighted by Crippen LogP contribution is 2.37. The van der Waals surface area contributed by atoms with Crippen molar-refractivity contribution in [2.45, 2.75) is 55.5 Å². The maximum absolute atomic E-state index is 10.5. The molecule has 2 heterocycles. The molecule has 1 saturated heterocycles. The number of fused-ring (bicyclic) bond motifs is 1. The Morgan fingerprint density at radius 3 is 2.67 bits per heavy atom. The average Bonchev–Trinajstić information content (AvgIpc) is 2.99. The van der Waals surface area contributed by atoms with Gasteiger partial charge in [0, 0.05) is 5.02 Å². The Kier molecular flexibility index (Phi) is 6.92. The molecule has 0 amide bonds. The number of ether oxygens (including phenoxy) is 2. The lowest BCUT2D eigenvalue weighted by Gasteiger charge is -2.40. The molecule has 0 bridgehead atoms. The van der Waals surface area contributed by atoms with E-state index >= 15 is 0 Å². The maximum Gasteiger partial charge on any atom is 0.132 e. The second kappa shape index (κ2) is 9.47. The summed E-state index contributed by atoms with van der Waals surface area (Å²) < 4.78 is 11.7. The lowest BCUT2D eigenvalue weighted by Crippen LogP contribution is -2.52. The number of benzene rings is 2. The molecule has 4 rings (SSSR count). The van der Waals surface area contributed by atoms with Gasteiger partial charge in [-0.15, -0.1) is 11.8 Å². The molecule has 0 saturated carbocycles. The minimum Gasteiger partial charge on any atom is -0.493 e. The lowest BCUT2D eigenvalue weighted by molar-refractivity contribution is -0.200. The van der Waals surface area contributed by atoms with Crippen molar-refractivity contribution in [1.29, 1.82) is 0 Å². The summed E-state index contributed by atoms with van der Waals surface area (Å²) in [6, 6.07) is 11.8. The highest BCUT2D eigenvalue weighted by Gasteiger charge is 2.44. The topological polar surface area (TPSA) is 79.2 Å². The Balaban J connectivity index is 1.59. The van der Waals surface area contributed by atoms with Crippen LogP contribution < -0.4 is 4.74 Å². The molecule has 2 aliphatic heterocycles. The Morgan fingerprint density at radius 1 is 1.03 bits per heavy atom. The van der Waals surface area contributed by atoms with Gasteiger partial charge in [-0.05, 0) is 66.3 Å². The van der Waals surface area contributed by atoms with E-state index in [0.717, 1.165) is 48.3 Å². The average molecular weight is 451 g/mol. The zero-order chi connectivity index (χ0) is 21.3. The normalized spacial score (nSPS) is 29.0. The summed E-state index contributed by atoms with van der Waals surface area (Å²) in [6.07, 6.45) is 1.26. The first-order valence-electron chi connectivity index (χ1n) is 10.2. The van der Waals surface area contributed by atoms with Crippen LogP contribution in [0.25, 0.3) is 0 Å². The van der Waals surface area contributed by atoms with E-state index in [1.165, 1.54) is 17.3 Å². The smallest absolute Gasteiger partial charge is 0.132 e. The minimum absolute atomic E-state index is 0.614. The fraction of sp³-hybridized carbons (Fsp3) is 0.478. The SMILES string of the molecule is CS[C@H]1O[C@@H](c2ccc(Cl)c(Cc3ccc4c(c3)CCCCO4)c2)[C@H](O)[C@@H](O)[C@@H]1O. The largest absolute Gasteiger partial charge is 0.493 e. The van der Waals surface area contributed by atoms with E-state index in [1.807, 2.05) is 12.1 Å². The summed E-state index contributed by atoms with van der Waals surface area (Å²) in [7, 11) is 0. The number of hydrogen-bond acceptors (Lipinski definition) is 6. The zero-order valence-electron chi connectivity index (χ0n) is 16.8. The van der Waals surface area contributed by atoms with E-state index in [9.17, 15) is 15.3 Å². The third-order valence-electron chi connectivity index (χ3n) is 5.82. The van der Waals surface area contributed by atoms with Gasteiger partial charge in [0.25, 0.3) is 0 Å². The number of hydrogen-bond donors (Lipinski definition) is 3. The second-order valence-corrected chi connectivity index (χ2v) is 9.25. The van der Waals surface area contributed by atoms with Crippen LogP contribution in [0.1, 0.15) is 41.2 Å². The Labute approximate surface area is 186 Å². The van der Waals surface area contributed by atoms with Gasteiger partial charge in [0.15, 0.2) is 0 Å². The van der Waals surface area contributed by atoms with Crippen molar-refractivity contribution in [2.24, 2.45) is 0 Å². The van der Waals surface area contributed by atoms with E-state index in [1.54, 1.807) is 18.4 Å². The molecule has 0 unspecified atom stereocenters. The van der Waals surface area contributed by atoms with E-state index in [0.29, 0.717) is 11.4 Å². The van der Waals surface area contributed by atoms with Crippen molar-refractivity contribution in [3.63, 3.8) is 0 Å². The van der Waals surface area contributed by atoms with Gasteiger partial charge in [-0.3, -0.25) is 0 Å². The highest BCUT2D eigenvalue weighted by atomic mass is 35.5. The molecule has 30 heavy (non-hydrogen) atoms. The van der Waals surface area contributed by atoms with E-state index in [-0.39, 0.29) is 0 Å². The molecule has 5 atom stereocenters. The Bertz CT molecular complexity index is 890. The van der Waals surface area contributed by atoms with Crippen LogP contribution in [0.3, 0.4) is 0 Å². The summed E-state index contributed by atoms with van der Waals surface area (Å²) in [4.78, 5) is 0. The molecule has 0 spiro atoms. The molecule has 5 nitrogen and oxygen atoms in total. The van der Waals surface area contributed by atoms with Gasteiger partial charge in [-0.1, -0.05) is 35.9 Å². The molecule has 2 aliphatic rings. The first-order chi connectivity index (χ1) is 14.5. The van der Waals surface area contributed by atoms with Gasteiger partial charge < -0.3 is 24.8 Å². The van der Waals surface area contributed by atoms with Gasteiger partial charge in [-0.2, -0.15) is 0 Å². The Hall–Kier alpha value is -1.28. The van der Waals surface area contributed by atoms with Crippen LogP contribution in [0.5, 0.6) is 5.75 Å². The van der Waals surface area contributed by atoms with Gasteiger partial charge in [0.05, 0.1) is 6.61 Å². The summed E-state index contributed by atoms with van der Waals surface area (Å²) in [6.45, 7) is 0.765. The molecule has 0 aromatic heterocycles. The van der Waals surface area contributed by atoms with E-state index < -0.39 is 29.9 Å². The fourth-order valence-electron chi connectivity index (χ4n) is 4.12. The molecular weight excluding hydrogens is 424 g/mol. The van der Waals surface area contributed by atoms with E-state index in [2.05, 4.69) is 12.1 Å². The third kappa shape index (κ3) is 4.49. The van der Waals surface area contributed by atoms with Crippen LogP contribution in [-0.4, -0.2) is 51.9 Å². The predicted octanol–water partition coefficient (Wildman–Crippen LogP) is 3.49. The quantitative estimate of drug-likeness (QED) is 0.661. The van der Waals surface area contributed by atoms with Gasteiger partial charge in [0.1, 0.15) is 35.6 Å². The van der Waals surface area contributed by atoms with Crippen molar-refractivity contribution in [3.05, 3.63) is 63.7 Å². The van der Waals surface area contributed by atoms with Crippen molar-refractivity contribution in [3.8, 4) is 5.75 Å². The number of aliphatic hydroxyl groups is 3. The second-order valence-electron chi connectivity index (χ2n) is 7.91. The standard InChI is InChI=1S/C23H27ClO5S/c1-30-23-21(27)19(25)20(26)22(29-23)15-6-7-17(24)16(12-15)11-13-5-8-18-14(10-13)4-2-3-9-28-18/h5-8,10,12,19-23,25-27H,2-4,9,11H2,1H3/t19-,20-,21+,22+,23-/m1/s1. The monoisotopic (exact) mass is 450 g/mol. The zero-order valence-corrected chi connectivity index (χ0v) is 18.4. The Morgan fingerprint density at radius 2 is 1.87 bits per heavy atom. The first kappa shape index (κ1) is 21.9. The van der Waals surface area contributed by atoms with Crippen molar-refractivity contribution < 1.29 is 24.8 Å². The number of rotatable bonds is 4. The molecule has 0 aliphatic carbocycles. The molecule has 7 heteroatoms. The summed E-state index contributed by atoms with van der Waals surface area (Å²) in [5.74, 6) is 0.963.